The zero-order valence-corrected chi connectivity index (χ0v) is 10.2. The van der Waals surface area contributed by atoms with E-state index in [4.69, 9.17) is 5.73 Å². The molecule has 3 N–H and O–H groups in total. The second-order valence-corrected chi connectivity index (χ2v) is 6.17. The lowest BCUT2D eigenvalue weighted by molar-refractivity contribution is -0.119. The second kappa shape index (κ2) is 4.12. The second-order valence-electron chi connectivity index (χ2n) is 4.16. The van der Waals surface area contributed by atoms with Crippen LogP contribution in [0.5, 0.6) is 0 Å². The van der Waals surface area contributed by atoms with Gasteiger partial charge in [-0.05, 0) is 18.6 Å². The van der Waals surface area contributed by atoms with E-state index in [0.29, 0.717) is 10.5 Å². The molecule has 5 nitrogen and oxygen atoms in total. The van der Waals surface area contributed by atoms with Gasteiger partial charge in [-0.2, -0.15) is 0 Å². The van der Waals surface area contributed by atoms with Gasteiger partial charge in [-0.1, -0.05) is 18.2 Å². The Labute approximate surface area is 99.9 Å². The molecule has 1 aromatic rings. The summed E-state index contributed by atoms with van der Waals surface area (Å²) in [6.45, 7) is 1.62. The molecule has 0 saturated heterocycles. The van der Waals surface area contributed by atoms with Crippen molar-refractivity contribution in [1.82, 2.24) is 5.32 Å². The third kappa shape index (κ3) is 2.18. The normalized spacial score (nSPS) is 23.0. The fraction of sp³-hybridized carbons (Fsp3) is 0.364. The highest BCUT2D eigenvalue weighted by Gasteiger charge is 2.35. The maximum absolute atomic E-state index is 11.9. The molecular formula is C11H14N2O3S. The summed E-state index contributed by atoms with van der Waals surface area (Å²) in [6.07, 6.45) is 0. The number of hydrogen-bond acceptors (Lipinski definition) is 4. The molecule has 1 aliphatic heterocycles. The number of nitrogens with two attached hydrogens (primary N) is 1. The topological polar surface area (TPSA) is 89.3 Å². The van der Waals surface area contributed by atoms with E-state index in [2.05, 4.69) is 5.32 Å². The van der Waals surface area contributed by atoms with E-state index in [1.165, 1.54) is 0 Å². The molecule has 2 unspecified atom stereocenters. The average Bonchev–Trinajstić information content (AvgIpc) is 2.51. The minimum Gasteiger partial charge on any atom is -0.368 e. The van der Waals surface area contributed by atoms with Crippen LogP contribution >= 0.6 is 0 Å². The van der Waals surface area contributed by atoms with Crippen LogP contribution in [0.4, 0.5) is 0 Å². The lowest BCUT2D eigenvalue weighted by Gasteiger charge is -2.16. The molecule has 0 bridgehead atoms. The lowest BCUT2D eigenvalue weighted by atomic mass is 10.1. The van der Waals surface area contributed by atoms with Gasteiger partial charge in [-0.3, -0.25) is 10.1 Å². The maximum Gasteiger partial charge on any atom is 0.234 e. The van der Waals surface area contributed by atoms with Crippen molar-refractivity contribution in [3.8, 4) is 0 Å². The van der Waals surface area contributed by atoms with Crippen LogP contribution in [0.25, 0.3) is 0 Å². The molecule has 0 saturated carbocycles. The van der Waals surface area contributed by atoms with Crippen molar-refractivity contribution in [2.24, 2.45) is 5.73 Å². The highest BCUT2D eigenvalue weighted by atomic mass is 32.2. The van der Waals surface area contributed by atoms with E-state index in [9.17, 15) is 13.2 Å². The number of carbonyl (C=O) groups is 1. The number of carbonyl (C=O) groups excluding carboxylic acids is 1. The molecule has 0 aliphatic carbocycles. The summed E-state index contributed by atoms with van der Waals surface area (Å²) in [4.78, 5) is 11.3. The molecule has 0 spiro atoms. The van der Waals surface area contributed by atoms with Crippen LogP contribution in [0.15, 0.2) is 29.2 Å². The zero-order chi connectivity index (χ0) is 12.6. The summed E-state index contributed by atoms with van der Waals surface area (Å²) in [5.41, 5.74) is 5.86. The monoisotopic (exact) mass is 254 g/mol. The van der Waals surface area contributed by atoms with E-state index in [0.717, 1.165) is 0 Å². The van der Waals surface area contributed by atoms with Crippen molar-refractivity contribution < 1.29 is 13.2 Å². The first-order valence-corrected chi connectivity index (χ1v) is 6.94. The Kier molecular flexibility index (Phi) is 2.92. The fourth-order valence-electron chi connectivity index (χ4n) is 1.97. The van der Waals surface area contributed by atoms with E-state index < -0.39 is 21.8 Å². The molecule has 1 aliphatic rings. The fourth-order valence-corrected chi connectivity index (χ4v) is 3.72. The predicted molar refractivity (Wildman–Crippen MR) is 63.0 cm³/mol. The molecule has 2 atom stereocenters. The summed E-state index contributed by atoms with van der Waals surface area (Å²) >= 11 is 0. The van der Waals surface area contributed by atoms with Crippen LogP contribution in [-0.4, -0.2) is 26.1 Å². The smallest absolute Gasteiger partial charge is 0.234 e. The Morgan fingerprint density at radius 1 is 1.47 bits per heavy atom. The first-order chi connectivity index (χ1) is 7.92. The molecule has 92 valence electrons. The van der Waals surface area contributed by atoms with Crippen molar-refractivity contribution in [1.29, 1.82) is 0 Å². The maximum atomic E-state index is 11.9. The van der Waals surface area contributed by atoms with Gasteiger partial charge in [-0.25, -0.2) is 8.42 Å². The van der Waals surface area contributed by atoms with Gasteiger partial charge in [0.1, 0.15) is 0 Å². The van der Waals surface area contributed by atoms with E-state index in [1.807, 2.05) is 0 Å². The number of nitrogens with one attached hydrogen (secondary N) is 1. The van der Waals surface area contributed by atoms with Crippen LogP contribution in [0.2, 0.25) is 0 Å². The molecule has 2 rings (SSSR count). The Morgan fingerprint density at radius 3 is 2.76 bits per heavy atom. The summed E-state index contributed by atoms with van der Waals surface area (Å²) in [6, 6.07) is 5.89. The Bertz CT molecular complexity index is 554. The van der Waals surface area contributed by atoms with Gasteiger partial charge >= 0.3 is 0 Å². The van der Waals surface area contributed by atoms with E-state index >= 15 is 0 Å². The van der Waals surface area contributed by atoms with Crippen molar-refractivity contribution in [3.63, 3.8) is 0 Å². The lowest BCUT2D eigenvalue weighted by Crippen LogP contribution is -2.41. The van der Waals surface area contributed by atoms with Crippen LogP contribution in [-0.2, 0) is 14.6 Å². The Hall–Kier alpha value is -1.40. The average molecular weight is 254 g/mol. The van der Waals surface area contributed by atoms with Gasteiger partial charge < -0.3 is 5.73 Å². The largest absolute Gasteiger partial charge is 0.368 e. The number of benzene rings is 1. The molecule has 17 heavy (non-hydrogen) atoms. The Balaban J connectivity index is 2.33. The molecule has 1 heterocycles. The first-order valence-electron chi connectivity index (χ1n) is 5.29. The molecular weight excluding hydrogens is 240 g/mol. The van der Waals surface area contributed by atoms with Gasteiger partial charge in [-0.15, -0.1) is 0 Å². The van der Waals surface area contributed by atoms with Crippen LogP contribution in [0, 0.1) is 0 Å². The standard InChI is InChI=1S/C11H14N2O3S/c1-7(11(12)14)13-9-6-17(15,16)10-5-3-2-4-8(9)10/h2-5,7,9,13H,6H2,1H3,(H2,12,14). The Morgan fingerprint density at radius 2 is 2.12 bits per heavy atom. The number of primary amides is 1. The predicted octanol–water partition coefficient (Wildman–Crippen LogP) is -0.0216. The number of sulfone groups is 1. The molecule has 1 amide bonds. The summed E-state index contributed by atoms with van der Waals surface area (Å²) < 4.78 is 23.7. The third-order valence-electron chi connectivity index (χ3n) is 2.89. The van der Waals surface area contributed by atoms with Crippen LogP contribution in [0.3, 0.4) is 0 Å². The highest BCUT2D eigenvalue weighted by Crippen LogP contribution is 2.33. The highest BCUT2D eigenvalue weighted by molar-refractivity contribution is 7.91. The summed E-state index contributed by atoms with van der Waals surface area (Å²) in [5, 5.41) is 2.94. The number of fused-ring (bicyclic) bond motifs is 1. The third-order valence-corrected chi connectivity index (χ3v) is 4.71. The van der Waals surface area contributed by atoms with Gasteiger partial charge in [0.15, 0.2) is 9.84 Å². The summed E-state index contributed by atoms with van der Waals surface area (Å²) in [7, 11) is -3.24. The van der Waals surface area contributed by atoms with Gasteiger partial charge in [0.25, 0.3) is 0 Å². The number of rotatable bonds is 3. The number of hydrogen-bond donors (Lipinski definition) is 2. The molecule has 1 aromatic carbocycles. The quantitative estimate of drug-likeness (QED) is 0.793. The van der Waals surface area contributed by atoms with Crippen molar-refractivity contribution in [2.75, 3.05) is 5.75 Å². The van der Waals surface area contributed by atoms with Crippen molar-refractivity contribution in [3.05, 3.63) is 29.8 Å². The minimum atomic E-state index is -3.24. The van der Waals surface area contributed by atoms with Crippen molar-refractivity contribution in [2.45, 2.75) is 23.9 Å². The molecule has 6 heteroatoms. The van der Waals surface area contributed by atoms with Gasteiger partial charge in [0.05, 0.1) is 16.7 Å². The van der Waals surface area contributed by atoms with Gasteiger partial charge in [0, 0.05) is 6.04 Å². The molecule has 0 aromatic heterocycles. The van der Waals surface area contributed by atoms with Crippen molar-refractivity contribution >= 4 is 15.7 Å². The molecule has 0 fully saturated rings. The van der Waals surface area contributed by atoms with Crippen LogP contribution < -0.4 is 11.1 Å². The zero-order valence-electron chi connectivity index (χ0n) is 9.38. The first kappa shape index (κ1) is 12.1. The SMILES string of the molecule is CC(NC1CS(=O)(=O)c2ccccc21)C(N)=O. The minimum absolute atomic E-state index is 0.0238. The number of amides is 1. The molecule has 0 radical (unpaired) electrons. The van der Waals surface area contributed by atoms with Gasteiger partial charge in [0.2, 0.25) is 5.91 Å². The van der Waals surface area contributed by atoms with E-state index in [-0.39, 0.29) is 11.8 Å². The van der Waals surface area contributed by atoms with Crippen LogP contribution in [0.1, 0.15) is 18.5 Å². The van der Waals surface area contributed by atoms with E-state index in [1.54, 1.807) is 31.2 Å². The summed E-state index contributed by atoms with van der Waals surface area (Å²) in [5.74, 6) is -0.518.